The molecule has 6 nitrogen and oxygen atoms in total. The number of nitrogens with zero attached hydrogens (tertiary/aromatic N) is 1. The Bertz CT molecular complexity index is 705. The third-order valence-corrected chi connectivity index (χ3v) is 4.54. The highest BCUT2D eigenvalue weighted by Crippen LogP contribution is 2.17. The van der Waals surface area contributed by atoms with Crippen molar-refractivity contribution in [3.8, 4) is 0 Å². The Morgan fingerprint density at radius 1 is 1.42 bits per heavy atom. The van der Waals surface area contributed by atoms with Gasteiger partial charge in [0.25, 0.3) is 0 Å². The number of carbonyl (C=O) groups is 3. The molecule has 140 valence electrons. The molecule has 1 aromatic carbocycles. The van der Waals surface area contributed by atoms with Gasteiger partial charge in [-0.2, -0.15) is 0 Å². The van der Waals surface area contributed by atoms with Crippen LogP contribution < -0.4 is 5.32 Å². The first-order valence-corrected chi connectivity index (χ1v) is 9.00. The molecular formula is C19H23ClN2O4. The van der Waals surface area contributed by atoms with Crippen molar-refractivity contribution in [2.24, 2.45) is 0 Å². The number of hydrogen-bond acceptors (Lipinski definition) is 4. The number of carbonyl (C=O) groups excluding carboxylic acids is 3. The van der Waals surface area contributed by atoms with Gasteiger partial charge in [-0.3, -0.25) is 14.4 Å². The fourth-order valence-corrected chi connectivity index (χ4v) is 2.76. The van der Waals surface area contributed by atoms with E-state index in [2.05, 4.69) is 5.32 Å². The quantitative estimate of drug-likeness (QED) is 0.609. The Kier molecular flexibility index (Phi) is 7.21. The number of piperazine rings is 1. The summed E-state index contributed by atoms with van der Waals surface area (Å²) in [6.45, 7) is 4.37. The Labute approximate surface area is 158 Å². The molecule has 0 radical (unpaired) electrons. The van der Waals surface area contributed by atoms with Gasteiger partial charge in [-0.15, -0.1) is 0 Å². The van der Waals surface area contributed by atoms with Gasteiger partial charge in [-0.05, 0) is 31.1 Å². The van der Waals surface area contributed by atoms with Gasteiger partial charge in [0, 0.05) is 24.2 Å². The maximum atomic E-state index is 12.6. The van der Waals surface area contributed by atoms with Crippen molar-refractivity contribution >= 4 is 35.5 Å². The summed E-state index contributed by atoms with van der Waals surface area (Å²) in [6, 6.07) is 6.26. The van der Waals surface area contributed by atoms with Crippen molar-refractivity contribution in [1.82, 2.24) is 10.2 Å². The number of amides is 2. The third-order valence-electron chi connectivity index (χ3n) is 4.19. The van der Waals surface area contributed by atoms with Crippen molar-refractivity contribution in [3.05, 3.63) is 40.9 Å². The zero-order valence-corrected chi connectivity index (χ0v) is 15.7. The van der Waals surface area contributed by atoms with Crippen LogP contribution in [0.4, 0.5) is 0 Å². The lowest BCUT2D eigenvalue weighted by Gasteiger charge is -2.34. The van der Waals surface area contributed by atoms with E-state index in [9.17, 15) is 14.4 Å². The summed E-state index contributed by atoms with van der Waals surface area (Å²) >= 11 is 6.07. The largest absolute Gasteiger partial charge is 0.463 e. The van der Waals surface area contributed by atoms with Gasteiger partial charge in [0.05, 0.1) is 12.5 Å². The fraction of sp³-hybridized carbons (Fsp3) is 0.421. The van der Waals surface area contributed by atoms with Gasteiger partial charge in [-0.25, -0.2) is 0 Å². The molecule has 1 aliphatic rings. The number of esters is 1. The monoisotopic (exact) mass is 378 g/mol. The zero-order valence-electron chi connectivity index (χ0n) is 14.9. The summed E-state index contributed by atoms with van der Waals surface area (Å²) in [5, 5.41) is 3.22. The van der Waals surface area contributed by atoms with Crippen LogP contribution in [0.3, 0.4) is 0 Å². The molecule has 0 unspecified atom stereocenters. The standard InChI is InChI=1S/C19H23ClN2O4/c1-3-13(2)26-18(24)12-16-19(25)21-10-11-22(16)17(23)9-8-14-6-4-5-7-15(14)20/h4-9,13,16H,3,10-12H2,1-2H3,(H,21,25)/b9-8+/t13-,16+/m0/s1. The maximum Gasteiger partial charge on any atom is 0.308 e. The number of rotatable bonds is 6. The number of ether oxygens (including phenoxy) is 1. The molecule has 2 rings (SSSR count). The van der Waals surface area contributed by atoms with Crippen molar-refractivity contribution in [2.75, 3.05) is 13.1 Å². The van der Waals surface area contributed by atoms with Crippen LogP contribution in [0.2, 0.25) is 5.02 Å². The first-order valence-electron chi connectivity index (χ1n) is 8.62. The van der Waals surface area contributed by atoms with Gasteiger partial charge >= 0.3 is 5.97 Å². The molecule has 7 heteroatoms. The summed E-state index contributed by atoms with van der Waals surface area (Å²) in [5.41, 5.74) is 0.705. The second-order valence-electron chi connectivity index (χ2n) is 6.11. The summed E-state index contributed by atoms with van der Waals surface area (Å²) in [4.78, 5) is 38.2. The second kappa shape index (κ2) is 9.38. The summed E-state index contributed by atoms with van der Waals surface area (Å²) < 4.78 is 5.23. The highest BCUT2D eigenvalue weighted by molar-refractivity contribution is 6.32. The Morgan fingerprint density at radius 3 is 2.85 bits per heavy atom. The van der Waals surface area contributed by atoms with E-state index in [-0.39, 0.29) is 24.3 Å². The van der Waals surface area contributed by atoms with E-state index in [1.54, 1.807) is 31.2 Å². The van der Waals surface area contributed by atoms with E-state index < -0.39 is 12.0 Å². The van der Waals surface area contributed by atoms with E-state index in [0.717, 1.165) is 0 Å². The van der Waals surface area contributed by atoms with Crippen LogP contribution in [-0.2, 0) is 19.1 Å². The minimum Gasteiger partial charge on any atom is -0.463 e. The summed E-state index contributed by atoms with van der Waals surface area (Å²) in [6.07, 6.45) is 3.27. The topological polar surface area (TPSA) is 75.7 Å². The second-order valence-corrected chi connectivity index (χ2v) is 6.51. The number of nitrogens with one attached hydrogen (secondary N) is 1. The van der Waals surface area contributed by atoms with Crippen molar-refractivity contribution in [2.45, 2.75) is 38.8 Å². The molecule has 0 aliphatic carbocycles. The Hall–Kier alpha value is -2.34. The molecule has 1 N–H and O–H groups in total. The van der Waals surface area contributed by atoms with Gasteiger partial charge in [0.1, 0.15) is 6.04 Å². The summed E-state index contributed by atoms with van der Waals surface area (Å²) in [5.74, 6) is -1.19. The first kappa shape index (κ1) is 20.0. The van der Waals surface area contributed by atoms with Crippen LogP contribution in [-0.4, -0.2) is 47.9 Å². The smallest absolute Gasteiger partial charge is 0.308 e. The molecular weight excluding hydrogens is 356 g/mol. The Balaban J connectivity index is 2.08. The van der Waals surface area contributed by atoms with Crippen LogP contribution in [0.15, 0.2) is 30.3 Å². The molecule has 26 heavy (non-hydrogen) atoms. The van der Waals surface area contributed by atoms with Crippen LogP contribution in [0.5, 0.6) is 0 Å². The molecule has 0 aromatic heterocycles. The average Bonchev–Trinajstić information content (AvgIpc) is 2.62. The Morgan fingerprint density at radius 2 is 2.15 bits per heavy atom. The highest BCUT2D eigenvalue weighted by atomic mass is 35.5. The van der Waals surface area contributed by atoms with Gasteiger partial charge in [0.2, 0.25) is 11.8 Å². The molecule has 0 saturated carbocycles. The van der Waals surface area contributed by atoms with E-state index in [4.69, 9.17) is 16.3 Å². The molecule has 0 spiro atoms. The van der Waals surface area contributed by atoms with Crippen LogP contribution in [0.1, 0.15) is 32.3 Å². The predicted molar refractivity (Wildman–Crippen MR) is 99.5 cm³/mol. The van der Waals surface area contributed by atoms with Crippen LogP contribution in [0.25, 0.3) is 6.08 Å². The molecule has 1 heterocycles. The van der Waals surface area contributed by atoms with E-state index in [0.29, 0.717) is 30.1 Å². The van der Waals surface area contributed by atoms with Gasteiger partial charge in [0.15, 0.2) is 0 Å². The normalized spacial score (nSPS) is 18.5. The minimum absolute atomic E-state index is 0.165. The molecule has 2 atom stereocenters. The maximum absolute atomic E-state index is 12.6. The van der Waals surface area contributed by atoms with Crippen molar-refractivity contribution < 1.29 is 19.1 Å². The third kappa shape index (κ3) is 5.33. The molecule has 1 aliphatic heterocycles. The molecule has 1 aromatic rings. The van der Waals surface area contributed by atoms with Crippen molar-refractivity contribution in [3.63, 3.8) is 0 Å². The highest BCUT2D eigenvalue weighted by Gasteiger charge is 2.34. The van der Waals surface area contributed by atoms with Gasteiger partial charge in [-0.1, -0.05) is 36.7 Å². The number of hydrogen-bond donors (Lipinski definition) is 1. The van der Waals surface area contributed by atoms with E-state index in [1.165, 1.54) is 11.0 Å². The van der Waals surface area contributed by atoms with Gasteiger partial charge < -0.3 is 15.0 Å². The molecule has 2 amide bonds. The lowest BCUT2D eigenvalue weighted by atomic mass is 10.1. The SMILES string of the molecule is CC[C@H](C)OC(=O)C[C@@H]1C(=O)NCCN1C(=O)/C=C/c1ccccc1Cl. The lowest BCUT2D eigenvalue weighted by Crippen LogP contribution is -2.57. The number of halogens is 1. The zero-order chi connectivity index (χ0) is 19.1. The van der Waals surface area contributed by atoms with Crippen LogP contribution in [0, 0.1) is 0 Å². The summed E-state index contributed by atoms with van der Waals surface area (Å²) in [7, 11) is 0. The molecule has 1 saturated heterocycles. The predicted octanol–water partition coefficient (Wildman–Crippen LogP) is 2.41. The molecule has 0 bridgehead atoms. The van der Waals surface area contributed by atoms with E-state index >= 15 is 0 Å². The molecule has 1 fully saturated rings. The van der Waals surface area contributed by atoms with E-state index in [1.807, 2.05) is 13.0 Å². The lowest BCUT2D eigenvalue weighted by molar-refractivity contribution is -0.154. The first-order chi connectivity index (χ1) is 12.4. The average molecular weight is 379 g/mol. The fourth-order valence-electron chi connectivity index (χ4n) is 2.56. The number of benzene rings is 1. The van der Waals surface area contributed by atoms with Crippen LogP contribution >= 0.6 is 11.6 Å². The minimum atomic E-state index is -0.872. The van der Waals surface area contributed by atoms with Crippen molar-refractivity contribution in [1.29, 1.82) is 0 Å².